The quantitative estimate of drug-likeness (QED) is 0.697. The molecule has 6 heteroatoms. The third kappa shape index (κ3) is 1.56. The summed E-state index contributed by atoms with van der Waals surface area (Å²) in [4.78, 5) is 1.83. The molecule has 2 rings (SSSR count). The Morgan fingerprint density at radius 1 is 1.64 bits per heavy atom. The molecule has 2 aliphatic rings. The lowest BCUT2D eigenvalue weighted by molar-refractivity contribution is 0.389. The van der Waals surface area contributed by atoms with E-state index < -0.39 is 9.84 Å². The van der Waals surface area contributed by atoms with Crippen molar-refractivity contribution >= 4 is 26.8 Å². The first-order valence-corrected chi connectivity index (χ1v) is 7.07. The molecule has 2 atom stereocenters. The Morgan fingerprint density at radius 3 is 3.00 bits per heavy atom. The van der Waals surface area contributed by atoms with E-state index in [-0.39, 0.29) is 22.8 Å². The van der Waals surface area contributed by atoms with Gasteiger partial charge in [0.2, 0.25) is 0 Å². The van der Waals surface area contributed by atoms with Crippen LogP contribution in [0.3, 0.4) is 0 Å². The fourth-order valence-electron chi connectivity index (χ4n) is 1.92. The lowest BCUT2D eigenvalue weighted by Crippen LogP contribution is -2.36. The van der Waals surface area contributed by atoms with Gasteiger partial charge in [-0.1, -0.05) is 17.8 Å². The van der Waals surface area contributed by atoms with Crippen LogP contribution in [0.25, 0.3) is 0 Å². The van der Waals surface area contributed by atoms with E-state index in [4.69, 9.17) is 5.41 Å². The number of hydrogen-bond acceptors (Lipinski definition) is 4. The van der Waals surface area contributed by atoms with E-state index >= 15 is 0 Å². The number of thioether (sulfide) groups is 1. The minimum atomic E-state index is -2.87. The van der Waals surface area contributed by atoms with Crippen LogP contribution < -0.4 is 0 Å². The summed E-state index contributed by atoms with van der Waals surface area (Å²) < 4.78 is 22.7. The molecule has 0 bridgehead atoms. The van der Waals surface area contributed by atoms with E-state index in [1.165, 1.54) is 11.8 Å². The van der Waals surface area contributed by atoms with Crippen LogP contribution in [-0.4, -0.2) is 47.8 Å². The topological polar surface area (TPSA) is 61.2 Å². The van der Waals surface area contributed by atoms with Gasteiger partial charge in [0.1, 0.15) is 0 Å². The minimum Gasteiger partial charge on any atom is -0.343 e. The summed E-state index contributed by atoms with van der Waals surface area (Å²) in [6.45, 7) is 4.18. The Morgan fingerprint density at radius 2 is 2.36 bits per heavy atom. The summed E-state index contributed by atoms with van der Waals surface area (Å²) in [7, 11) is -2.87. The Kier molecular flexibility index (Phi) is 2.35. The number of hydrogen-bond donors (Lipinski definition) is 1. The first kappa shape index (κ1) is 10.0. The van der Waals surface area contributed by atoms with Crippen LogP contribution in [0.5, 0.6) is 0 Å². The van der Waals surface area contributed by atoms with E-state index in [9.17, 15) is 8.42 Å². The second kappa shape index (κ2) is 3.27. The van der Waals surface area contributed by atoms with Gasteiger partial charge in [0.25, 0.3) is 0 Å². The van der Waals surface area contributed by atoms with Gasteiger partial charge in [0.05, 0.1) is 17.5 Å². The molecule has 2 unspecified atom stereocenters. The highest BCUT2D eigenvalue weighted by Gasteiger charge is 2.47. The molecule has 0 aromatic rings. The van der Waals surface area contributed by atoms with Crippen LogP contribution in [0.2, 0.25) is 0 Å². The van der Waals surface area contributed by atoms with E-state index in [0.717, 1.165) is 0 Å². The van der Waals surface area contributed by atoms with Crippen LogP contribution in [0.1, 0.15) is 0 Å². The second-order valence-corrected chi connectivity index (χ2v) is 6.93. The molecule has 2 heterocycles. The molecule has 0 aromatic heterocycles. The van der Waals surface area contributed by atoms with Crippen LogP contribution >= 0.6 is 11.8 Å². The zero-order valence-corrected chi connectivity index (χ0v) is 9.27. The molecule has 4 nitrogen and oxygen atoms in total. The van der Waals surface area contributed by atoms with Crippen molar-refractivity contribution in [3.63, 3.8) is 0 Å². The van der Waals surface area contributed by atoms with Crippen LogP contribution in [0.4, 0.5) is 0 Å². The highest BCUT2D eigenvalue weighted by Crippen LogP contribution is 2.36. The molecule has 0 aliphatic carbocycles. The Labute approximate surface area is 87.8 Å². The molecule has 0 aromatic carbocycles. The highest BCUT2D eigenvalue weighted by atomic mass is 32.2. The maximum atomic E-state index is 11.4. The van der Waals surface area contributed by atoms with Crippen molar-refractivity contribution in [3.8, 4) is 0 Å². The minimum absolute atomic E-state index is 0.00417. The number of nitrogens with zero attached hydrogens (tertiary/aromatic N) is 1. The monoisotopic (exact) mass is 232 g/mol. The summed E-state index contributed by atoms with van der Waals surface area (Å²) in [5, 5.41) is 8.23. The molecule has 78 valence electrons. The lowest BCUT2D eigenvalue weighted by Gasteiger charge is -2.21. The number of nitrogens with one attached hydrogen (secondary N) is 1. The molecule has 2 aliphatic heterocycles. The molecule has 0 saturated carbocycles. The smallest absolute Gasteiger partial charge is 0.157 e. The fraction of sp³-hybridized carbons (Fsp3) is 0.625. The van der Waals surface area contributed by atoms with Crippen LogP contribution in [-0.2, 0) is 9.84 Å². The van der Waals surface area contributed by atoms with Gasteiger partial charge < -0.3 is 4.90 Å². The lowest BCUT2D eigenvalue weighted by atomic mass is 10.2. The number of amidine groups is 1. The van der Waals surface area contributed by atoms with Gasteiger partial charge in [-0.3, -0.25) is 5.41 Å². The zero-order valence-electron chi connectivity index (χ0n) is 7.64. The van der Waals surface area contributed by atoms with Crippen molar-refractivity contribution in [2.24, 2.45) is 0 Å². The summed E-state index contributed by atoms with van der Waals surface area (Å²) in [5.41, 5.74) is 0. The SMILES string of the molecule is C=CCN1C(=N)SC2CS(=O)(=O)CC21. The molecule has 2 saturated heterocycles. The summed E-state index contributed by atoms with van der Waals surface area (Å²) in [5.74, 6) is 0.416. The number of sulfone groups is 1. The van der Waals surface area contributed by atoms with Gasteiger partial charge in [-0.25, -0.2) is 8.42 Å². The van der Waals surface area contributed by atoms with Gasteiger partial charge >= 0.3 is 0 Å². The molecular formula is C8H12N2O2S2. The normalized spacial score (nSPS) is 34.6. The molecule has 0 spiro atoms. The largest absolute Gasteiger partial charge is 0.343 e. The molecule has 14 heavy (non-hydrogen) atoms. The molecule has 0 radical (unpaired) electrons. The van der Waals surface area contributed by atoms with Crippen molar-refractivity contribution in [1.29, 1.82) is 5.41 Å². The standard InChI is InChI=1S/C8H12N2O2S2/c1-2-3-10-6-4-14(11,12)5-7(6)13-8(10)9/h2,6-7,9H,1,3-5H2. The van der Waals surface area contributed by atoms with Crippen LogP contribution in [0.15, 0.2) is 12.7 Å². The molecular weight excluding hydrogens is 220 g/mol. The van der Waals surface area contributed by atoms with E-state index in [1.54, 1.807) is 6.08 Å². The molecule has 0 amide bonds. The number of rotatable bonds is 2. The van der Waals surface area contributed by atoms with Crippen LogP contribution in [0, 0.1) is 5.41 Å². The second-order valence-electron chi connectivity index (χ2n) is 3.55. The van der Waals surface area contributed by atoms with Crippen molar-refractivity contribution in [3.05, 3.63) is 12.7 Å². The van der Waals surface area contributed by atoms with Gasteiger partial charge in [-0.15, -0.1) is 6.58 Å². The predicted molar refractivity (Wildman–Crippen MR) is 58.5 cm³/mol. The van der Waals surface area contributed by atoms with E-state index in [1.807, 2.05) is 4.90 Å². The van der Waals surface area contributed by atoms with Crippen molar-refractivity contribution in [1.82, 2.24) is 4.90 Å². The average molecular weight is 232 g/mol. The van der Waals surface area contributed by atoms with Crippen molar-refractivity contribution in [2.75, 3.05) is 18.1 Å². The first-order chi connectivity index (χ1) is 6.53. The van der Waals surface area contributed by atoms with Gasteiger partial charge in [0.15, 0.2) is 15.0 Å². The van der Waals surface area contributed by atoms with Gasteiger partial charge in [-0.05, 0) is 0 Å². The molecule has 1 N–H and O–H groups in total. The van der Waals surface area contributed by atoms with Gasteiger partial charge in [-0.2, -0.15) is 0 Å². The summed E-state index contributed by atoms with van der Waals surface area (Å²) in [6, 6.07) is -0.00417. The van der Waals surface area contributed by atoms with E-state index in [2.05, 4.69) is 6.58 Å². The summed E-state index contributed by atoms with van der Waals surface area (Å²) >= 11 is 1.37. The average Bonchev–Trinajstić information content (AvgIpc) is 2.47. The van der Waals surface area contributed by atoms with Crippen molar-refractivity contribution < 1.29 is 8.42 Å². The maximum absolute atomic E-state index is 11.4. The summed E-state index contributed by atoms with van der Waals surface area (Å²) in [6.07, 6.45) is 1.71. The fourth-order valence-corrected chi connectivity index (χ4v) is 5.76. The van der Waals surface area contributed by atoms with E-state index in [0.29, 0.717) is 11.7 Å². The maximum Gasteiger partial charge on any atom is 0.157 e. The predicted octanol–water partition coefficient (Wildman–Crippen LogP) is 0.322. The number of fused-ring (bicyclic) bond motifs is 1. The first-order valence-electron chi connectivity index (χ1n) is 4.36. The third-order valence-corrected chi connectivity index (χ3v) is 5.69. The zero-order chi connectivity index (χ0) is 10.3. The highest BCUT2D eigenvalue weighted by molar-refractivity contribution is 8.15. The Bertz CT molecular complexity index is 377. The third-order valence-electron chi connectivity index (χ3n) is 2.52. The Hall–Kier alpha value is -0.490. The van der Waals surface area contributed by atoms with Crippen molar-refractivity contribution in [2.45, 2.75) is 11.3 Å². The molecule has 2 fully saturated rings. The van der Waals surface area contributed by atoms with Gasteiger partial charge in [0, 0.05) is 11.8 Å². The Balaban J connectivity index is 2.21.